The van der Waals surface area contributed by atoms with E-state index >= 15 is 0 Å². The van der Waals surface area contributed by atoms with Crippen LogP contribution < -0.4 is 5.84 Å². The number of fused-ring (bicyclic) bond motifs is 1. The number of hydrogen-bond donors (Lipinski definition) is 2. The third-order valence-corrected chi connectivity index (χ3v) is 4.44. The molecule has 0 aliphatic carbocycles. The molecular weight excluding hydrogens is 248 g/mol. The largest absolute Gasteiger partial charge is 0.335 e. The van der Waals surface area contributed by atoms with Crippen molar-refractivity contribution in [1.29, 1.82) is 0 Å². The maximum atomic E-state index is 5.75. The second-order valence-corrected chi connectivity index (χ2v) is 5.40. The molecule has 3 aromatic heterocycles. The molecular formula is C8H6N4S3. The fourth-order valence-electron chi connectivity index (χ4n) is 1.35. The van der Waals surface area contributed by atoms with Crippen LogP contribution in [0.1, 0.15) is 0 Å². The summed E-state index contributed by atoms with van der Waals surface area (Å²) < 4.78 is 4.33. The van der Waals surface area contributed by atoms with Crippen LogP contribution in [-0.2, 0) is 0 Å². The first-order valence-corrected chi connectivity index (χ1v) is 6.26. The molecule has 3 heterocycles. The van der Waals surface area contributed by atoms with Gasteiger partial charge in [0.2, 0.25) is 4.77 Å². The van der Waals surface area contributed by atoms with Crippen molar-refractivity contribution < 1.29 is 0 Å². The number of nitrogens with zero attached hydrogens (tertiary/aromatic N) is 2. The zero-order valence-corrected chi connectivity index (χ0v) is 9.88. The average Bonchev–Trinajstić information content (AvgIpc) is 2.82. The molecule has 0 saturated heterocycles. The van der Waals surface area contributed by atoms with Gasteiger partial charge in [-0.1, -0.05) is 0 Å². The monoisotopic (exact) mass is 254 g/mol. The van der Waals surface area contributed by atoms with Crippen LogP contribution in [-0.4, -0.2) is 14.9 Å². The molecule has 3 rings (SSSR count). The van der Waals surface area contributed by atoms with Gasteiger partial charge >= 0.3 is 0 Å². The van der Waals surface area contributed by atoms with Gasteiger partial charge in [-0.25, -0.2) is 9.77 Å². The SMILES string of the molecule is Nn1c(-c2cc3sccc3s2)n[nH]c1=S. The Hall–Kier alpha value is -1.18. The maximum absolute atomic E-state index is 5.75. The Morgan fingerprint density at radius 2 is 2.33 bits per heavy atom. The van der Waals surface area contributed by atoms with E-state index in [1.807, 2.05) is 0 Å². The van der Waals surface area contributed by atoms with Gasteiger partial charge in [0.15, 0.2) is 5.82 Å². The summed E-state index contributed by atoms with van der Waals surface area (Å²) >= 11 is 8.34. The van der Waals surface area contributed by atoms with Gasteiger partial charge in [-0.05, 0) is 29.7 Å². The molecule has 0 aliphatic rings. The number of H-pyrrole nitrogens is 1. The normalized spacial score (nSPS) is 11.2. The van der Waals surface area contributed by atoms with Crippen LogP contribution in [0.3, 0.4) is 0 Å². The fourth-order valence-corrected chi connectivity index (χ4v) is 3.58. The van der Waals surface area contributed by atoms with Gasteiger partial charge < -0.3 is 5.84 Å². The number of nitrogens with two attached hydrogens (primary N) is 1. The Kier molecular flexibility index (Phi) is 1.91. The van der Waals surface area contributed by atoms with Crippen molar-refractivity contribution in [1.82, 2.24) is 14.9 Å². The lowest BCUT2D eigenvalue weighted by Gasteiger charge is -1.94. The zero-order chi connectivity index (χ0) is 10.4. The van der Waals surface area contributed by atoms with Gasteiger partial charge in [-0.2, -0.15) is 5.10 Å². The highest BCUT2D eigenvalue weighted by Crippen LogP contribution is 2.34. The number of rotatable bonds is 1. The lowest BCUT2D eigenvalue weighted by Crippen LogP contribution is -2.09. The summed E-state index contributed by atoms with van der Waals surface area (Å²) in [5.74, 6) is 6.44. The Morgan fingerprint density at radius 1 is 1.47 bits per heavy atom. The van der Waals surface area contributed by atoms with Gasteiger partial charge in [-0.15, -0.1) is 22.7 Å². The summed E-state index contributed by atoms with van der Waals surface area (Å²) in [7, 11) is 0. The molecule has 3 aromatic rings. The van der Waals surface area contributed by atoms with Gasteiger partial charge in [0.1, 0.15) is 0 Å². The van der Waals surface area contributed by atoms with Crippen LogP contribution in [0, 0.1) is 4.77 Å². The molecule has 76 valence electrons. The third-order valence-electron chi connectivity index (χ3n) is 2.06. The van der Waals surface area contributed by atoms with E-state index in [9.17, 15) is 0 Å². The molecule has 0 amide bonds. The molecule has 0 saturated carbocycles. The van der Waals surface area contributed by atoms with Crippen molar-refractivity contribution in [2.24, 2.45) is 0 Å². The van der Waals surface area contributed by atoms with Crippen LogP contribution in [0.2, 0.25) is 0 Å². The Labute approximate surface area is 97.9 Å². The van der Waals surface area contributed by atoms with E-state index in [0.29, 0.717) is 10.6 Å². The van der Waals surface area contributed by atoms with E-state index < -0.39 is 0 Å². The van der Waals surface area contributed by atoms with E-state index in [2.05, 4.69) is 27.7 Å². The molecule has 0 aromatic carbocycles. The number of aromatic nitrogens is 3. The minimum absolute atomic E-state index is 0.432. The standard InChI is InChI=1S/C8H6N4S3/c9-12-7(10-11-8(12)13)6-3-5-4(15-6)1-2-14-5/h1-3H,9H2,(H,11,13). The van der Waals surface area contributed by atoms with Crippen molar-refractivity contribution in [2.75, 3.05) is 5.84 Å². The van der Waals surface area contributed by atoms with E-state index in [-0.39, 0.29) is 0 Å². The molecule has 0 radical (unpaired) electrons. The van der Waals surface area contributed by atoms with E-state index in [4.69, 9.17) is 18.1 Å². The molecule has 0 aliphatic heterocycles. The van der Waals surface area contributed by atoms with Gasteiger partial charge in [0.25, 0.3) is 0 Å². The van der Waals surface area contributed by atoms with E-state index in [0.717, 1.165) is 4.88 Å². The Bertz CT molecular complexity index is 643. The first-order valence-electron chi connectivity index (χ1n) is 4.15. The van der Waals surface area contributed by atoms with Crippen LogP contribution in [0.4, 0.5) is 0 Å². The second-order valence-electron chi connectivity index (χ2n) is 2.98. The van der Waals surface area contributed by atoms with Gasteiger partial charge in [0.05, 0.1) is 4.88 Å². The Balaban J connectivity index is 2.26. The van der Waals surface area contributed by atoms with Gasteiger partial charge in [0, 0.05) is 9.40 Å². The summed E-state index contributed by atoms with van der Waals surface area (Å²) in [6.07, 6.45) is 0. The molecule has 0 spiro atoms. The Morgan fingerprint density at radius 3 is 3.00 bits per heavy atom. The molecule has 0 bridgehead atoms. The topological polar surface area (TPSA) is 59.6 Å². The van der Waals surface area contributed by atoms with Crippen LogP contribution in [0.15, 0.2) is 17.5 Å². The first-order chi connectivity index (χ1) is 7.25. The summed E-state index contributed by atoms with van der Waals surface area (Å²) in [4.78, 5) is 1.03. The summed E-state index contributed by atoms with van der Waals surface area (Å²) in [6.45, 7) is 0. The van der Waals surface area contributed by atoms with Crippen molar-refractivity contribution in [2.45, 2.75) is 0 Å². The lowest BCUT2D eigenvalue weighted by atomic mass is 10.4. The number of aromatic amines is 1. The highest BCUT2D eigenvalue weighted by Gasteiger charge is 2.10. The van der Waals surface area contributed by atoms with Crippen molar-refractivity contribution in [3.8, 4) is 10.7 Å². The number of hydrogen-bond acceptors (Lipinski definition) is 5. The van der Waals surface area contributed by atoms with E-state index in [1.54, 1.807) is 22.7 Å². The fraction of sp³-hybridized carbons (Fsp3) is 0. The quantitative estimate of drug-likeness (QED) is 0.518. The van der Waals surface area contributed by atoms with Crippen molar-refractivity contribution >= 4 is 44.3 Å². The number of nitrogens with one attached hydrogen (secondary N) is 1. The lowest BCUT2D eigenvalue weighted by molar-refractivity contribution is 0.986. The second kappa shape index (κ2) is 3.16. The molecule has 0 fully saturated rings. The first kappa shape index (κ1) is 9.08. The highest BCUT2D eigenvalue weighted by molar-refractivity contribution is 7.71. The third kappa shape index (κ3) is 1.31. The van der Waals surface area contributed by atoms with Crippen LogP contribution in [0.5, 0.6) is 0 Å². The molecule has 15 heavy (non-hydrogen) atoms. The predicted octanol–water partition coefficient (Wildman–Crippen LogP) is 2.60. The minimum atomic E-state index is 0.432. The van der Waals surface area contributed by atoms with E-state index in [1.165, 1.54) is 14.1 Å². The molecule has 4 nitrogen and oxygen atoms in total. The molecule has 7 heteroatoms. The number of nitrogen functional groups attached to an aromatic ring is 1. The smallest absolute Gasteiger partial charge is 0.214 e. The van der Waals surface area contributed by atoms with Crippen LogP contribution in [0.25, 0.3) is 20.1 Å². The minimum Gasteiger partial charge on any atom is -0.335 e. The molecule has 0 atom stereocenters. The highest BCUT2D eigenvalue weighted by atomic mass is 32.1. The summed E-state index contributed by atoms with van der Waals surface area (Å²) in [5, 5.41) is 8.84. The maximum Gasteiger partial charge on any atom is 0.214 e. The van der Waals surface area contributed by atoms with Gasteiger partial charge in [-0.3, -0.25) is 0 Å². The summed E-state index contributed by atoms with van der Waals surface area (Å²) in [5.41, 5.74) is 0. The summed E-state index contributed by atoms with van der Waals surface area (Å²) in [6, 6.07) is 4.18. The molecule has 0 unspecified atom stereocenters. The van der Waals surface area contributed by atoms with Crippen molar-refractivity contribution in [3.05, 3.63) is 22.3 Å². The average molecular weight is 254 g/mol. The zero-order valence-electron chi connectivity index (χ0n) is 7.43. The molecule has 3 N–H and O–H groups in total. The van der Waals surface area contributed by atoms with Crippen LogP contribution >= 0.6 is 34.9 Å². The number of thiophene rings is 2. The predicted molar refractivity (Wildman–Crippen MR) is 66.3 cm³/mol. The van der Waals surface area contributed by atoms with Crippen molar-refractivity contribution in [3.63, 3.8) is 0 Å².